The van der Waals surface area contributed by atoms with Crippen LogP contribution in [-0.4, -0.2) is 38.8 Å². The number of nitrogens with zero attached hydrogens (tertiary/aromatic N) is 1. The van der Waals surface area contributed by atoms with Crippen molar-refractivity contribution >= 4 is 15.9 Å². The summed E-state index contributed by atoms with van der Waals surface area (Å²) in [5.74, 6) is -0.276. The van der Waals surface area contributed by atoms with Gasteiger partial charge in [-0.1, -0.05) is 50.2 Å². The topological polar surface area (TPSA) is 66.5 Å². The number of sulfonamides is 1. The van der Waals surface area contributed by atoms with E-state index in [0.29, 0.717) is 5.56 Å². The summed E-state index contributed by atoms with van der Waals surface area (Å²) in [6.45, 7) is 6.26. The van der Waals surface area contributed by atoms with Crippen molar-refractivity contribution in [2.45, 2.75) is 43.5 Å². The maximum absolute atomic E-state index is 12.6. The summed E-state index contributed by atoms with van der Waals surface area (Å²) in [7, 11) is -0.637. The summed E-state index contributed by atoms with van der Waals surface area (Å²) in [5.41, 5.74) is 1.46. The summed E-state index contributed by atoms with van der Waals surface area (Å²) in [4.78, 5) is 12.7. The molecule has 2 aromatic carbocycles. The van der Waals surface area contributed by atoms with Gasteiger partial charge in [-0.2, -0.15) is 0 Å². The van der Waals surface area contributed by atoms with Crippen LogP contribution in [0.3, 0.4) is 0 Å². The maximum atomic E-state index is 12.6. The number of benzene rings is 2. The first kappa shape index (κ1) is 21.1. The van der Waals surface area contributed by atoms with Crippen molar-refractivity contribution in [2.75, 3.05) is 14.1 Å². The zero-order chi connectivity index (χ0) is 20.2. The van der Waals surface area contributed by atoms with Crippen molar-refractivity contribution in [1.82, 2.24) is 9.62 Å². The monoisotopic (exact) mass is 388 g/mol. The van der Waals surface area contributed by atoms with Crippen LogP contribution in [0, 0.1) is 0 Å². The minimum atomic E-state index is -3.57. The van der Waals surface area contributed by atoms with E-state index in [1.165, 1.54) is 31.8 Å². The van der Waals surface area contributed by atoms with Crippen molar-refractivity contribution in [1.29, 1.82) is 0 Å². The molecule has 0 aliphatic rings. The normalized spacial score (nSPS) is 13.4. The highest BCUT2D eigenvalue weighted by Gasteiger charge is 2.25. The molecule has 0 radical (unpaired) electrons. The van der Waals surface area contributed by atoms with E-state index in [2.05, 4.69) is 31.3 Å². The molecule has 0 aliphatic heterocycles. The molecule has 0 aliphatic carbocycles. The van der Waals surface area contributed by atoms with Crippen LogP contribution in [0.4, 0.5) is 0 Å². The lowest BCUT2D eigenvalue weighted by atomic mass is 9.79. The van der Waals surface area contributed by atoms with Crippen LogP contribution < -0.4 is 5.32 Å². The minimum absolute atomic E-state index is 0.0678. The van der Waals surface area contributed by atoms with Crippen LogP contribution in [0.15, 0.2) is 59.5 Å². The third-order valence-corrected chi connectivity index (χ3v) is 6.44. The lowest BCUT2D eigenvalue weighted by Gasteiger charge is -2.29. The van der Waals surface area contributed by atoms with Crippen molar-refractivity contribution in [3.05, 3.63) is 65.7 Å². The number of hydrogen-bond donors (Lipinski definition) is 1. The molecule has 0 saturated heterocycles. The molecule has 0 unspecified atom stereocenters. The average molecular weight is 389 g/mol. The van der Waals surface area contributed by atoms with E-state index >= 15 is 0 Å². The molecular weight excluding hydrogens is 360 g/mol. The Labute approximate surface area is 162 Å². The quantitative estimate of drug-likeness (QED) is 0.790. The Kier molecular flexibility index (Phi) is 6.44. The van der Waals surface area contributed by atoms with Gasteiger partial charge < -0.3 is 5.32 Å². The van der Waals surface area contributed by atoms with E-state index in [4.69, 9.17) is 0 Å². The van der Waals surface area contributed by atoms with Crippen LogP contribution >= 0.6 is 0 Å². The molecule has 2 rings (SSSR count). The molecule has 1 atom stereocenters. The maximum Gasteiger partial charge on any atom is 0.251 e. The first-order valence-electron chi connectivity index (χ1n) is 8.93. The summed E-state index contributed by atoms with van der Waals surface area (Å²) >= 11 is 0. The van der Waals surface area contributed by atoms with Crippen LogP contribution in [0.2, 0.25) is 0 Å². The highest BCUT2D eigenvalue weighted by atomic mass is 32.2. The number of carbonyl (C=O) groups is 1. The Morgan fingerprint density at radius 2 is 1.70 bits per heavy atom. The largest absolute Gasteiger partial charge is 0.350 e. The van der Waals surface area contributed by atoms with E-state index in [1.807, 2.05) is 25.1 Å². The van der Waals surface area contributed by atoms with Crippen LogP contribution in [0.5, 0.6) is 0 Å². The highest BCUT2D eigenvalue weighted by molar-refractivity contribution is 7.89. The molecule has 27 heavy (non-hydrogen) atoms. The first-order valence-corrected chi connectivity index (χ1v) is 10.4. The lowest BCUT2D eigenvalue weighted by Crippen LogP contribution is -2.37. The molecule has 0 bridgehead atoms. The second kappa shape index (κ2) is 8.23. The molecule has 5 nitrogen and oxygen atoms in total. The van der Waals surface area contributed by atoms with Crippen molar-refractivity contribution < 1.29 is 13.2 Å². The summed E-state index contributed by atoms with van der Waals surface area (Å²) in [6, 6.07) is 16.2. The number of amides is 1. The van der Waals surface area contributed by atoms with Gasteiger partial charge in [-0.3, -0.25) is 4.79 Å². The molecular formula is C21H28N2O3S. The SMILES string of the molecule is C[C@@H](CC(C)(C)c1ccccc1)NC(=O)c1cccc(S(=O)(=O)N(C)C)c1. The second-order valence-corrected chi connectivity index (χ2v) is 9.80. The van der Waals surface area contributed by atoms with E-state index in [1.54, 1.807) is 12.1 Å². The Hall–Kier alpha value is -2.18. The molecule has 2 aromatic rings. The molecule has 146 valence electrons. The van der Waals surface area contributed by atoms with E-state index in [9.17, 15) is 13.2 Å². The predicted octanol–water partition coefficient (Wildman–Crippen LogP) is 3.42. The molecule has 6 heteroatoms. The van der Waals surface area contributed by atoms with Crippen molar-refractivity contribution in [3.63, 3.8) is 0 Å². The van der Waals surface area contributed by atoms with Gasteiger partial charge in [0.05, 0.1) is 4.90 Å². The van der Waals surface area contributed by atoms with Crippen LogP contribution in [0.25, 0.3) is 0 Å². The van der Waals surface area contributed by atoms with Gasteiger partial charge >= 0.3 is 0 Å². The van der Waals surface area contributed by atoms with E-state index < -0.39 is 10.0 Å². The lowest BCUT2D eigenvalue weighted by molar-refractivity contribution is 0.0934. The summed E-state index contributed by atoms with van der Waals surface area (Å²) in [5, 5.41) is 2.98. The summed E-state index contributed by atoms with van der Waals surface area (Å²) < 4.78 is 25.7. The smallest absolute Gasteiger partial charge is 0.251 e. The first-order chi connectivity index (χ1) is 12.5. The van der Waals surface area contributed by atoms with Gasteiger partial charge in [0.15, 0.2) is 0 Å². The van der Waals surface area contributed by atoms with Gasteiger partial charge in [-0.25, -0.2) is 12.7 Å². The zero-order valence-corrected chi connectivity index (χ0v) is 17.4. The summed E-state index contributed by atoms with van der Waals surface area (Å²) in [6.07, 6.45) is 0.762. The van der Waals surface area contributed by atoms with Crippen LogP contribution in [-0.2, 0) is 15.4 Å². The highest BCUT2D eigenvalue weighted by Crippen LogP contribution is 2.28. The number of hydrogen-bond acceptors (Lipinski definition) is 3. The van der Waals surface area contributed by atoms with E-state index in [-0.39, 0.29) is 22.3 Å². The zero-order valence-electron chi connectivity index (χ0n) is 16.6. The second-order valence-electron chi connectivity index (χ2n) is 7.64. The predicted molar refractivity (Wildman–Crippen MR) is 108 cm³/mol. The standard InChI is InChI=1S/C21H28N2O3S/c1-16(15-21(2,3)18-11-7-6-8-12-18)22-20(24)17-10-9-13-19(14-17)27(25,26)23(4)5/h6-14,16H,15H2,1-5H3,(H,22,24)/t16-/m0/s1. The van der Waals surface area contributed by atoms with Gasteiger partial charge in [-0.05, 0) is 42.5 Å². The molecule has 0 spiro atoms. The molecule has 1 N–H and O–H groups in total. The molecule has 1 amide bonds. The average Bonchev–Trinajstić information content (AvgIpc) is 2.61. The number of rotatable bonds is 7. The van der Waals surface area contributed by atoms with Gasteiger partial charge in [0.2, 0.25) is 10.0 Å². The third-order valence-electron chi connectivity index (χ3n) is 4.62. The van der Waals surface area contributed by atoms with Gasteiger partial charge in [-0.15, -0.1) is 0 Å². The molecule has 0 fully saturated rings. The Morgan fingerprint density at radius 1 is 1.07 bits per heavy atom. The van der Waals surface area contributed by atoms with Gasteiger partial charge in [0, 0.05) is 25.7 Å². The third kappa shape index (κ3) is 5.17. The Balaban J connectivity index is 2.11. The van der Waals surface area contributed by atoms with Crippen molar-refractivity contribution in [3.8, 4) is 0 Å². The Morgan fingerprint density at radius 3 is 2.30 bits per heavy atom. The van der Waals surface area contributed by atoms with Gasteiger partial charge in [0.1, 0.15) is 0 Å². The van der Waals surface area contributed by atoms with Crippen molar-refractivity contribution in [2.24, 2.45) is 0 Å². The fraction of sp³-hybridized carbons (Fsp3) is 0.381. The number of carbonyl (C=O) groups excluding carboxylic acids is 1. The molecule has 0 saturated carbocycles. The number of nitrogens with one attached hydrogen (secondary N) is 1. The Bertz CT molecular complexity index is 891. The minimum Gasteiger partial charge on any atom is -0.350 e. The molecule has 0 aromatic heterocycles. The molecule has 0 heterocycles. The fourth-order valence-corrected chi connectivity index (χ4v) is 4.09. The fourth-order valence-electron chi connectivity index (χ4n) is 3.14. The van der Waals surface area contributed by atoms with E-state index in [0.717, 1.165) is 10.7 Å². The van der Waals surface area contributed by atoms with Gasteiger partial charge in [0.25, 0.3) is 5.91 Å². The van der Waals surface area contributed by atoms with Crippen LogP contribution in [0.1, 0.15) is 43.1 Å².